The molecule has 254 valence electrons. The highest BCUT2D eigenvalue weighted by Gasteiger charge is 2.50. The number of benzene rings is 4. The van der Waals surface area contributed by atoms with Gasteiger partial charge in [0.25, 0.3) is 0 Å². The van der Waals surface area contributed by atoms with Gasteiger partial charge >= 0.3 is 11.9 Å². The minimum atomic E-state index is -1.04. The number of rotatable bonds is 14. The van der Waals surface area contributed by atoms with Crippen molar-refractivity contribution in [2.75, 3.05) is 26.4 Å². The summed E-state index contributed by atoms with van der Waals surface area (Å²) in [4.78, 5) is 25.4. The highest BCUT2D eigenvalue weighted by atomic mass is 16.5. The molecule has 1 aliphatic rings. The first-order chi connectivity index (χ1) is 23.6. The van der Waals surface area contributed by atoms with Crippen molar-refractivity contribution in [3.63, 3.8) is 0 Å². The maximum Gasteiger partial charge on any atom is 0.338 e. The molecule has 0 unspecified atom stereocenters. The average molecular weight is 663 g/mol. The van der Waals surface area contributed by atoms with E-state index in [1.807, 2.05) is 50.2 Å². The number of hydrogen-bond acceptors (Lipinski definition) is 8. The summed E-state index contributed by atoms with van der Waals surface area (Å²) in [5.74, 6) is 0.510. The topological polar surface area (TPSA) is 112 Å². The molecule has 0 atom stereocenters. The van der Waals surface area contributed by atoms with Gasteiger partial charge in [0, 0.05) is 59.5 Å². The van der Waals surface area contributed by atoms with Gasteiger partial charge in [-0.3, -0.25) is 0 Å². The molecule has 2 N–H and O–H groups in total. The summed E-state index contributed by atoms with van der Waals surface area (Å²) in [5.41, 5.74) is 6.15. The molecule has 0 fully saturated rings. The Labute approximate surface area is 287 Å². The number of fused-ring (bicyclic) bond motifs is 3. The lowest BCUT2D eigenvalue weighted by atomic mass is 9.66. The first kappa shape index (κ1) is 35.1. The lowest BCUT2D eigenvalue weighted by Crippen LogP contribution is -2.31. The first-order valence-corrected chi connectivity index (χ1v) is 16.3. The predicted octanol–water partition coefficient (Wildman–Crippen LogP) is 7.15. The Kier molecular flexibility index (Phi) is 10.7. The second-order valence-electron chi connectivity index (χ2n) is 12.2. The van der Waals surface area contributed by atoms with Gasteiger partial charge in [0.2, 0.25) is 0 Å². The summed E-state index contributed by atoms with van der Waals surface area (Å²) in [5, 5.41) is 19.4. The van der Waals surface area contributed by atoms with Crippen LogP contribution in [0.25, 0.3) is 11.1 Å². The van der Waals surface area contributed by atoms with Gasteiger partial charge in [-0.1, -0.05) is 73.8 Å². The van der Waals surface area contributed by atoms with Crippen molar-refractivity contribution < 1.29 is 38.7 Å². The third-order valence-electron chi connectivity index (χ3n) is 8.67. The maximum atomic E-state index is 12.7. The van der Waals surface area contributed by atoms with Crippen LogP contribution in [0, 0.1) is 13.8 Å². The summed E-state index contributed by atoms with van der Waals surface area (Å²) in [6.07, 6.45) is 0.762. The summed E-state index contributed by atoms with van der Waals surface area (Å²) in [7, 11) is 0. The van der Waals surface area contributed by atoms with Gasteiger partial charge in [-0.15, -0.1) is 0 Å². The number of esters is 2. The lowest BCUT2D eigenvalue weighted by molar-refractivity contribution is -0.131. The van der Waals surface area contributed by atoms with E-state index in [-0.39, 0.29) is 37.6 Å². The van der Waals surface area contributed by atoms with Gasteiger partial charge in [-0.2, -0.15) is 0 Å². The van der Waals surface area contributed by atoms with E-state index in [1.165, 1.54) is 0 Å². The molecular weight excluding hydrogens is 620 g/mol. The summed E-state index contributed by atoms with van der Waals surface area (Å²) in [6, 6.07) is 23.6. The van der Waals surface area contributed by atoms with E-state index in [4.69, 9.17) is 18.9 Å². The van der Waals surface area contributed by atoms with Gasteiger partial charge in [0.1, 0.15) is 23.0 Å². The average Bonchev–Trinajstić information content (AvgIpc) is 3.38. The molecule has 49 heavy (non-hydrogen) atoms. The van der Waals surface area contributed by atoms with Crippen LogP contribution in [-0.4, -0.2) is 48.6 Å². The highest BCUT2D eigenvalue weighted by Crippen LogP contribution is 2.61. The van der Waals surface area contributed by atoms with Crippen LogP contribution in [0.4, 0.5) is 0 Å². The third-order valence-corrected chi connectivity index (χ3v) is 8.67. The van der Waals surface area contributed by atoms with Crippen LogP contribution in [0.5, 0.6) is 23.0 Å². The molecule has 0 heterocycles. The van der Waals surface area contributed by atoms with Gasteiger partial charge in [-0.25, -0.2) is 9.59 Å². The number of carbonyl (C=O) groups is 2. The zero-order valence-corrected chi connectivity index (χ0v) is 28.4. The number of carbonyl (C=O) groups excluding carboxylic acids is 2. The van der Waals surface area contributed by atoms with E-state index in [9.17, 15) is 19.8 Å². The van der Waals surface area contributed by atoms with Gasteiger partial charge in [0.15, 0.2) is 0 Å². The van der Waals surface area contributed by atoms with E-state index in [2.05, 4.69) is 37.4 Å². The molecule has 0 bridgehead atoms. The zero-order chi connectivity index (χ0) is 35.3. The summed E-state index contributed by atoms with van der Waals surface area (Å²) >= 11 is 0. The molecule has 1 aliphatic carbocycles. The molecule has 8 heteroatoms. The maximum absolute atomic E-state index is 12.7. The number of aliphatic hydroxyl groups excluding tert-OH is 2. The van der Waals surface area contributed by atoms with E-state index in [0.29, 0.717) is 47.0 Å². The van der Waals surface area contributed by atoms with Crippen LogP contribution in [-0.2, 0) is 15.0 Å². The number of ether oxygens (including phenoxy) is 4. The predicted molar refractivity (Wildman–Crippen MR) is 189 cm³/mol. The van der Waals surface area contributed by atoms with Crippen LogP contribution >= 0.6 is 0 Å². The zero-order valence-electron chi connectivity index (χ0n) is 28.4. The largest absolute Gasteiger partial charge is 0.493 e. The van der Waals surface area contributed by atoms with E-state index >= 15 is 0 Å². The second-order valence-corrected chi connectivity index (χ2v) is 12.2. The second kappa shape index (κ2) is 14.9. The number of aliphatic hydroxyl groups is 2. The van der Waals surface area contributed by atoms with Crippen LogP contribution < -0.4 is 18.9 Å². The van der Waals surface area contributed by atoms with Crippen LogP contribution in [0.1, 0.15) is 60.1 Å². The van der Waals surface area contributed by atoms with E-state index in [1.54, 1.807) is 26.0 Å². The minimum Gasteiger partial charge on any atom is -0.493 e. The summed E-state index contributed by atoms with van der Waals surface area (Å²) in [6.45, 7) is 14.6. The Hall–Kier alpha value is -5.18. The molecule has 0 spiro atoms. The lowest BCUT2D eigenvalue weighted by Gasteiger charge is -2.37. The SMILES string of the molecule is C=C(C)C(=O)Oc1ccc(C2(c3ccc(OC(=O)C(=C)C)c(C)c3OCCCO)c3ccccc3-c3ccccc32)c(OCCCO)c1C. The fourth-order valence-corrected chi connectivity index (χ4v) is 6.34. The van der Waals surface area contributed by atoms with Crippen molar-refractivity contribution in [1.82, 2.24) is 0 Å². The molecule has 0 saturated carbocycles. The standard InChI is InChI=1S/C41H42O8/c1-25(2)39(44)48-35-19-17-33(37(27(35)5)46-23-11-21-42)41(31-15-9-7-13-29(31)30-14-8-10-16-32(30)41)34-18-20-36(49-40(45)26(3)4)28(6)38(34)47-24-12-22-43/h7-10,13-20,42-43H,1,3,11-12,21-24H2,2,4-6H3. The Morgan fingerprint density at radius 1 is 0.612 bits per heavy atom. The smallest absolute Gasteiger partial charge is 0.338 e. The number of hydrogen-bond donors (Lipinski definition) is 2. The Balaban J connectivity index is 1.91. The molecule has 0 radical (unpaired) electrons. The molecule has 5 rings (SSSR count). The van der Waals surface area contributed by atoms with Crippen molar-refractivity contribution in [3.8, 4) is 34.1 Å². The van der Waals surface area contributed by atoms with Crippen molar-refractivity contribution in [1.29, 1.82) is 0 Å². The van der Waals surface area contributed by atoms with Crippen molar-refractivity contribution in [2.45, 2.75) is 46.0 Å². The molecule has 0 aromatic heterocycles. The molecule has 0 amide bonds. The van der Waals surface area contributed by atoms with Gasteiger partial charge < -0.3 is 29.2 Å². The summed E-state index contributed by atoms with van der Waals surface area (Å²) < 4.78 is 24.6. The van der Waals surface area contributed by atoms with Crippen molar-refractivity contribution in [2.24, 2.45) is 0 Å². The van der Waals surface area contributed by atoms with E-state index < -0.39 is 17.4 Å². The molecule has 4 aromatic carbocycles. The Morgan fingerprint density at radius 3 is 1.37 bits per heavy atom. The molecule has 0 saturated heterocycles. The third kappa shape index (κ3) is 6.49. The normalized spacial score (nSPS) is 12.4. The Bertz CT molecular complexity index is 1780. The van der Waals surface area contributed by atoms with E-state index in [0.717, 1.165) is 33.4 Å². The van der Waals surface area contributed by atoms with Crippen LogP contribution in [0.15, 0.2) is 97.1 Å². The monoisotopic (exact) mass is 662 g/mol. The quantitative estimate of drug-likeness (QED) is 0.0558. The molecule has 4 aromatic rings. The highest BCUT2D eigenvalue weighted by molar-refractivity contribution is 5.91. The van der Waals surface area contributed by atoms with Crippen LogP contribution in [0.2, 0.25) is 0 Å². The minimum absolute atomic E-state index is 0.0675. The van der Waals surface area contributed by atoms with Crippen LogP contribution in [0.3, 0.4) is 0 Å². The van der Waals surface area contributed by atoms with Crippen molar-refractivity contribution >= 4 is 11.9 Å². The van der Waals surface area contributed by atoms with Gasteiger partial charge in [0.05, 0.1) is 18.6 Å². The fraction of sp³-hybridized carbons (Fsp3) is 0.268. The fourth-order valence-electron chi connectivity index (χ4n) is 6.34. The molecular formula is C41H42O8. The van der Waals surface area contributed by atoms with Gasteiger partial charge in [-0.05, 0) is 62.1 Å². The molecule has 0 aliphatic heterocycles. The van der Waals surface area contributed by atoms with Crippen molar-refractivity contribution in [3.05, 3.63) is 130 Å². The Morgan fingerprint density at radius 2 is 1.00 bits per heavy atom. The molecule has 8 nitrogen and oxygen atoms in total. The first-order valence-electron chi connectivity index (χ1n) is 16.3.